The Hall–Kier alpha value is -2.18. The Morgan fingerprint density at radius 2 is 0.534 bits per heavy atom. The summed E-state index contributed by atoms with van der Waals surface area (Å²) in [4.78, 5) is 5.89. The van der Waals surface area contributed by atoms with Gasteiger partial charge in [0.25, 0.3) is 0 Å². The second-order valence-corrected chi connectivity index (χ2v) is 18.4. The summed E-state index contributed by atoms with van der Waals surface area (Å²) in [5, 5.41) is 188. The van der Waals surface area contributed by atoms with E-state index < -0.39 is 224 Å². The van der Waals surface area contributed by atoms with Crippen molar-refractivity contribution in [1.82, 2.24) is 0 Å². The third-order valence-corrected chi connectivity index (χ3v) is 13.7. The Morgan fingerprint density at radius 3 is 0.795 bits per heavy atom. The van der Waals surface area contributed by atoms with Gasteiger partial charge in [0.15, 0.2) is 37.7 Å². The molecular formula is C42H65NO30. The maximum absolute atomic E-state index is 11.9. The number of rotatable bonds is 9. The molecular weight excluding hydrogens is 998 g/mol. The van der Waals surface area contributed by atoms with Gasteiger partial charge in [-0.3, -0.25) is 10.3 Å². The van der Waals surface area contributed by atoms with Gasteiger partial charge in [0, 0.05) is 0 Å². The number of hydrogen-bond donors (Lipinski definition) is 18. The largest absolute Gasteiger partial charge is 0.394 e. The van der Waals surface area contributed by atoms with Crippen molar-refractivity contribution in [3.05, 3.63) is 30.3 Å². The molecule has 1 aromatic carbocycles. The van der Waals surface area contributed by atoms with Crippen molar-refractivity contribution < 1.29 is 148 Å². The van der Waals surface area contributed by atoms with Crippen LogP contribution in [0.15, 0.2) is 30.3 Å². The molecule has 22 heterocycles. The summed E-state index contributed by atoms with van der Waals surface area (Å²) in [5.74, 6) is 0. The number of hydrogen-bond acceptors (Lipinski definition) is 31. The van der Waals surface area contributed by atoms with Gasteiger partial charge in [0.05, 0.1) is 45.3 Å². The van der Waals surface area contributed by atoms with E-state index in [2.05, 4.69) is 5.48 Å². The molecule has 0 aliphatic carbocycles. The molecule has 0 radical (unpaired) electrons. The summed E-state index contributed by atoms with van der Waals surface area (Å²) >= 11 is 0. The van der Waals surface area contributed by atoms with E-state index in [1.165, 1.54) is 0 Å². The van der Waals surface area contributed by atoms with Crippen LogP contribution >= 0.6 is 0 Å². The molecule has 22 aliphatic heterocycles. The van der Waals surface area contributed by atoms with Gasteiger partial charge in [-0.15, -0.1) is 0 Å². The number of anilines is 1. The van der Waals surface area contributed by atoms with Crippen LogP contribution < -0.4 is 5.48 Å². The number of ether oxygens (including phenoxy) is 12. The van der Waals surface area contributed by atoms with E-state index in [9.17, 15) is 86.8 Å². The topological polar surface area (TPSA) is 476 Å². The van der Waals surface area contributed by atoms with Crippen LogP contribution in [0.3, 0.4) is 0 Å². The van der Waals surface area contributed by atoms with Gasteiger partial charge in [0.2, 0.25) is 0 Å². The normalized spacial score (nSPS) is 51.1. The highest BCUT2D eigenvalue weighted by molar-refractivity contribution is 5.40. The van der Waals surface area contributed by atoms with Gasteiger partial charge in [0.1, 0.15) is 146 Å². The molecule has 22 fully saturated rings. The Bertz CT molecular complexity index is 1840. The summed E-state index contributed by atoms with van der Waals surface area (Å²) in [6.45, 7) is -5.94. The van der Waals surface area contributed by atoms with E-state index in [0.717, 1.165) is 0 Å². The fourth-order valence-electron chi connectivity index (χ4n) is 9.69. The summed E-state index contributed by atoms with van der Waals surface area (Å²) in [6.07, 6.45) is -57.8. The SMILES string of the molecule is OC[C@H]1O[C@@H]2O[C@H]3[C@H](O)[C@@H](O)[C@@H](O[C@H]4[C@H](O)[C@@H](O)[C@@H](O[C@H]5[C@H](O)[C@@H](O)[C@@H](O[C@H]6[C@H](O)[C@@H](O)[C@@H](O[C@H]7[C@H](O)[C@@H](O)[C@@H](O[C@@H]1[C@H](ONc1ccccc1)[C@H]2O)O[C@@H]7CO)O[C@@H]6CO)O[C@@H]5CO)O[C@@H]4CO)O[C@@H]3CO. The van der Waals surface area contributed by atoms with Crippen molar-refractivity contribution in [3.8, 4) is 0 Å². The standard InChI is InChI=1S/C42H65NO30/c44-6-13-30-19(50)24(55)37(61-13)68-31-14(7-45)63-39(26(57)21(31)52)70-33-16(9-47)65-41(28(59)23(33)54)72-35-18(11-49)66-42(29(60)36(35)73-43-12-4-2-1-3-5-12)71-34-17(10-48)64-40(27(58)22(34)53)69-32-15(8-46)62-38(67-30)25(56)20(32)51/h1-5,13-60H,6-11H2/t13-,14-,15-,16-,17-,18-,19-,20-,21-,22-,23-,24-,25-,26-,27-,28-,29-,30-,31-,32-,33-,34-,35+,36-,37-,38-,39-,40-,41-,42-/m1/s1. The molecule has 0 spiro atoms. The van der Waals surface area contributed by atoms with Gasteiger partial charge >= 0.3 is 0 Å². The maximum atomic E-state index is 11.9. The number of benzene rings is 1. The highest BCUT2D eigenvalue weighted by Crippen LogP contribution is 2.38. The van der Waals surface area contributed by atoms with Gasteiger partial charge < -0.3 is 144 Å². The van der Waals surface area contributed by atoms with Gasteiger partial charge in [-0.25, -0.2) is 0 Å². The Kier molecular flexibility index (Phi) is 19.3. The monoisotopic (exact) mass is 1060 g/mol. The number of para-hydroxylation sites is 1. The predicted molar refractivity (Wildman–Crippen MR) is 225 cm³/mol. The quantitative estimate of drug-likeness (QED) is 0.102. The lowest BCUT2D eigenvalue weighted by atomic mass is 9.94. The molecule has 73 heavy (non-hydrogen) atoms. The number of aliphatic hydroxyl groups excluding tert-OH is 17. The minimum absolute atomic E-state index is 0.315. The fraction of sp³-hybridized carbons (Fsp3) is 0.857. The van der Waals surface area contributed by atoms with E-state index in [1.54, 1.807) is 30.3 Å². The average Bonchev–Trinajstić information content (AvgIpc) is 3.39. The van der Waals surface area contributed by atoms with Crippen LogP contribution in [-0.4, -0.2) is 311 Å². The zero-order valence-corrected chi connectivity index (χ0v) is 38.4. The fourth-order valence-corrected chi connectivity index (χ4v) is 9.69. The highest BCUT2D eigenvalue weighted by Gasteiger charge is 2.59. The molecule has 0 aromatic heterocycles. The molecule has 31 heteroatoms. The third kappa shape index (κ3) is 11.5. The lowest BCUT2D eigenvalue weighted by Crippen LogP contribution is -2.69. The molecule has 23 rings (SSSR count). The zero-order chi connectivity index (χ0) is 52.6. The number of aliphatic hydroxyl groups is 17. The lowest BCUT2D eigenvalue weighted by Gasteiger charge is -2.51. The van der Waals surface area contributed by atoms with Crippen LogP contribution in [0.4, 0.5) is 5.69 Å². The first-order valence-electron chi connectivity index (χ1n) is 23.4. The summed E-state index contributed by atoms with van der Waals surface area (Å²) < 4.78 is 69.5. The molecule has 22 aliphatic rings. The maximum Gasteiger partial charge on any atom is 0.187 e. The van der Waals surface area contributed by atoms with E-state index in [0.29, 0.717) is 5.69 Å². The van der Waals surface area contributed by atoms with E-state index >= 15 is 0 Å². The van der Waals surface area contributed by atoms with Crippen molar-refractivity contribution in [2.75, 3.05) is 45.1 Å². The van der Waals surface area contributed by atoms with E-state index in [4.69, 9.17) is 61.7 Å². The molecule has 12 bridgehead atoms. The molecule has 0 unspecified atom stereocenters. The zero-order valence-electron chi connectivity index (χ0n) is 38.4. The van der Waals surface area contributed by atoms with Crippen LogP contribution in [-0.2, 0) is 61.7 Å². The minimum atomic E-state index is -2.15. The van der Waals surface area contributed by atoms with Crippen molar-refractivity contribution in [2.45, 2.75) is 184 Å². The Balaban J connectivity index is 1.12. The molecule has 0 saturated carbocycles. The molecule has 1 aromatic rings. The molecule has 30 atom stereocenters. The van der Waals surface area contributed by atoms with Crippen LogP contribution in [0.1, 0.15) is 0 Å². The summed E-state index contributed by atoms with van der Waals surface area (Å²) in [6, 6.07) is 8.06. The second-order valence-electron chi connectivity index (χ2n) is 18.4. The smallest absolute Gasteiger partial charge is 0.187 e. The van der Waals surface area contributed by atoms with Crippen molar-refractivity contribution in [1.29, 1.82) is 0 Å². The van der Waals surface area contributed by atoms with Crippen molar-refractivity contribution in [2.24, 2.45) is 0 Å². The summed E-state index contributed by atoms with van der Waals surface area (Å²) in [7, 11) is 0. The Labute approximate surface area is 413 Å². The molecule has 418 valence electrons. The van der Waals surface area contributed by atoms with Crippen molar-refractivity contribution in [3.63, 3.8) is 0 Å². The van der Waals surface area contributed by atoms with Crippen molar-refractivity contribution >= 4 is 5.69 Å². The van der Waals surface area contributed by atoms with E-state index in [1.807, 2.05) is 0 Å². The third-order valence-electron chi connectivity index (χ3n) is 13.7. The molecule has 22 saturated heterocycles. The minimum Gasteiger partial charge on any atom is -0.394 e. The van der Waals surface area contributed by atoms with Crippen LogP contribution in [0.2, 0.25) is 0 Å². The lowest BCUT2D eigenvalue weighted by molar-refractivity contribution is -0.404. The molecule has 0 amide bonds. The highest BCUT2D eigenvalue weighted by atomic mass is 16.8. The molecule has 18 N–H and O–H groups in total. The number of nitrogens with one attached hydrogen (secondary N) is 1. The van der Waals surface area contributed by atoms with Gasteiger partial charge in [-0.1, -0.05) is 18.2 Å². The Morgan fingerprint density at radius 1 is 0.301 bits per heavy atom. The van der Waals surface area contributed by atoms with Gasteiger partial charge in [-0.2, -0.15) is 0 Å². The van der Waals surface area contributed by atoms with Crippen LogP contribution in [0.25, 0.3) is 0 Å². The average molecular weight is 1060 g/mol. The molecule has 31 nitrogen and oxygen atoms in total. The van der Waals surface area contributed by atoms with E-state index in [-0.39, 0.29) is 0 Å². The van der Waals surface area contributed by atoms with Crippen LogP contribution in [0.5, 0.6) is 0 Å². The first-order valence-corrected chi connectivity index (χ1v) is 23.4. The van der Waals surface area contributed by atoms with Crippen LogP contribution in [0, 0.1) is 0 Å². The second kappa shape index (κ2) is 24.7. The predicted octanol–water partition coefficient (Wildman–Crippen LogP) is -11.0. The van der Waals surface area contributed by atoms with Gasteiger partial charge in [-0.05, 0) is 12.1 Å². The first kappa shape index (κ1) is 57.0. The summed E-state index contributed by atoms with van der Waals surface area (Å²) in [5.41, 5.74) is 2.92. The first-order chi connectivity index (χ1) is 35.0.